The van der Waals surface area contributed by atoms with Crippen LogP contribution in [-0.2, 0) is 6.54 Å². The van der Waals surface area contributed by atoms with Gasteiger partial charge in [0.1, 0.15) is 5.82 Å². The van der Waals surface area contributed by atoms with Crippen molar-refractivity contribution >= 4 is 5.96 Å². The monoisotopic (exact) mass is 345 g/mol. The summed E-state index contributed by atoms with van der Waals surface area (Å²) in [5, 5.41) is 6.92. The van der Waals surface area contributed by atoms with Gasteiger partial charge < -0.3 is 10.6 Å². The summed E-state index contributed by atoms with van der Waals surface area (Å²) in [5.74, 6) is 0.463. The molecule has 0 amide bonds. The van der Waals surface area contributed by atoms with E-state index in [2.05, 4.69) is 39.9 Å². The Morgan fingerprint density at radius 1 is 0.692 bits per heavy atom. The highest BCUT2D eigenvalue weighted by molar-refractivity contribution is 5.83. The number of guanidine groups is 1. The van der Waals surface area contributed by atoms with Gasteiger partial charge in [0.2, 0.25) is 0 Å². The molecule has 1 heterocycles. The molecule has 130 valence electrons. The van der Waals surface area contributed by atoms with Crippen molar-refractivity contribution in [2.75, 3.05) is 0 Å². The summed E-state index contributed by atoms with van der Waals surface area (Å²) in [6.45, 7) is 0.297. The third kappa shape index (κ3) is 3.45. The molecule has 0 spiro atoms. The van der Waals surface area contributed by atoms with Gasteiger partial charge in [0.05, 0.1) is 18.6 Å². The number of aliphatic imine (C=N–C) groups is 1. The zero-order chi connectivity index (χ0) is 17.8. The van der Waals surface area contributed by atoms with E-state index < -0.39 is 0 Å². The summed E-state index contributed by atoms with van der Waals surface area (Å²) in [7, 11) is 0. The Morgan fingerprint density at radius 3 is 1.73 bits per heavy atom. The van der Waals surface area contributed by atoms with Crippen LogP contribution in [-0.4, -0.2) is 5.96 Å². The van der Waals surface area contributed by atoms with Crippen LogP contribution in [0.2, 0.25) is 0 Å². The summed E-state index contributed by atoms with van der Waals surface area (Å²) < 4.78 is 13.8. The smallest absolute Gasteiger partial charge is 0.192 e. The van der Waals surface area contributed by atoms with Gasteiger partial charge >= 0.3 is 0 Å². The lowest BCUT2D eigenvalue weighted by atomic mass is 9.95. The summed E-state index contributed by atoms with van der Waals surface area (Å²) in [6, 6.07) is 27.5. The van der Waals surface area contributed by atoms with Gasteiger partial charge in [0.15, 0.2) is 5.96 Å². The van der Waals surface area contributed by atoms with E-state index in [9.17, 15) is 4.39 Å². The minimum atomic E-state index is -0.228. The minimum Gasteiger partial charge on any atom is -0.347 e. The van der Waals surface area contributed by atoms with Crippen molar-refractivity contribution in [1.29, 1.82) is 0 Å². The number of rotatable bonds is 4. The first-order chi connectivity index (χ1) is 12.8. The number of benzene rings is 3. The molecular formula is C22H20FN3. The fourth-order valence-electron chi connectivity index (χ4n) is 3.26. The molecule has 1 aliphatic rings. The summed E-state index contributed by atoms with van der Waals surface area (Å²) in [5.41, 5.74) is 2.96. The Labute approximate surface area is 152 Å². The third-order valence-corrected chi connectivity index (χ3v) is 4.60. The average molecular weight is 345 g/mol. The fraction of sp³-hybridized carbons (Fsp3) is 0.136. The van der Waals surface area contributed by atoms with Crippen LogP contribution in [0.25, 0.3) is 0 Å². The summed E-state index contributed by atoms with van der Waals surface area (Å²) in [6.07, 6.45) is 0. The maximum atomic E-state index is 13.8. The lowest BCUT2D eigenvalue weighted by molar-refractivity contribution is 0.554. The minimum absolute atomic E-state index is 0.0676. The molecule has 0 bridgehead atoms. The average Bonchev–Trinajstić information content (AvgIpc) is 3.13. The lowest BCUT2D eigenvalue weighted by Gasteiger charge is -2.19. The van der Waals surface area contributed by atoms with Gasteiger partial charge in [0, 0.05) is 5.56 Å². The van der Waals surface area contributed by atoms with Gasteiger partial charge in [-0.3, -0.25) is 0 Å². The molecule has 0 aliphatic carbocycles. The van der Waals surface area contributed by atoms with Crippen LogP contribution < -0.4 is 10.6 Å². The quantitative estimate of drug-likeness (QED) is 0.737. The normalized spacial score (nSPS) is 18.9. The number of hydrogen-bond donors (Lipinski definition) is 2. The molecule has 1 aliphatic heterocycles. The van der Waals surface area contributed by atoms with Crippen LogP contribution in [0.1, 0.15) is 28.8 Å². The van der Waals surface area contributed by atoms with E-state index in [1.54, 1.807) is 12.1 Å². The highest BCUT2D eigenvalue weighted by Gasteiger charge is 2.32. The maximum Gasteiger partial charge on any atom is 0.192 e. The molecule has 4 rings (SSSR count). The van der Waals surface area contributed by atoms with Crippen LogP contribution in [0.3, 0.4) is 0 Å². The standard InChI is InChI=1S/C22H20FN3/c23-19-14-8-7-13-18(19)15-24-22-25-20(16-9-3-1-4-10-16)21(26-22)17-11-5-2-6-12-17/h1-14,20-21H,15H2,(H2,24,25,26)/t20-,21-/m1/s1. The molecule has 0 unspecified atom stereocenters. The van der Waals surface area contributed by atoms with E-state index >= 15 is 0 Å². The molecular weight excluding hydrogens is 325 g/mol. The van der Waals surface area contributed by atoms with Gasteiger partial charge in [0.25, 0.3) is 0 Å². The molecule has 3 aromatic carbocycles. The predicted molar refractivity (Wildman–Crippen MR) is 102 cm³/mol. The molecule has 26 heavy (non-hydrogen) atoms. The fourth-order valence-corrected chi connectivity index (χ4v) is 3.26. The SMILES string of the molecule is Fc1ccccc1CN=C1N[C@H](c2ccccc2)[C@@H](c2ccccc2)N1. The van der Waals surface area contributed by atoms with E-state index in [-0.39, 0.29) is 17.9 Å². The Balaban J connectivity index is 1.61. The third-order valence-electron chi connectivity index (χ3n) is 4.60. The van der Waals surface area contributed by atoms with E-state index in [4.69, 9.17) is 0 Å². The van der Waals surface area contributed by atoms with E-state index in [0.717, 1.165) is 0 Å². The number of hydrogen-bond acceptors (Lipinski definition) is 1. The van der Waals surface area contributed by atoms with Crippen molar-refractivity contribution in [2.45, 2.75) is 18.6 Å². The highest BCUT2D eigenvalue weighted by atomic mass is 19.1. The first-order valence-electron chi connectivity index (χ1n) is 8.72. The van der Waals surface area contributed by atoms with Crippen molar-refractivity contribution in [3.8, 4) is 0 Å². The van der Waals surface area contributed by atoms with E-state index in [0.29, 0.717) is 18.1 Å². The zero-order valence-electron chi connectivity index (χ0n) is 14.3. The van der Waals surface area contributed by atoms with Crippen molar-refractivity contribution in [3.05, 3.63) is 107 Å². The predicted octanol–water partition coefficient (Wildman–Crippen LogP) is 4.36. The first-order valence-corrected chi connectivity index (χ1v) is 8.72. The maximum absolute atomic E-state index is 13.8. The van der Waals surface area contributed by atoms with Gasteiger partial charge in [-0.1, -0.05) is 78.9 Å². The molecule has 2 N–H and O–H groups in total. The molecule has 0 radical (unpaired) electrons. The second kappa shape index (κ2) is 7.40. The zero-order valence-corrected chi connectivity index (χ0v) is 14.3. The van der Waals surface area contributed by atoms with Crippen LogP contribution in [0.5, 0.6) is 0 Å². The molecule has 3 aromatic rings. The van der Waals surface area contributed by atoms with Gasteiger partial charge in [-0.15, -0.1) is 0 Å². The van der Waals surface area contributed by atoms with Crippen molar-refractivity contribution < 1.29 is 4.39 Å². The molecule has 0 saturated carbocycles. The second-order valence-corrected chi connectivity index (χ2v) is 6.32. The van der Waals surface area contributed by atoms with Crippen molar-refractivity contribution in [3.63, 3.8) is 0 Å². The highest BCUT2D eigenvalue weighted by Crippen LogP contribution is 2.32. The molecule has 3 nitrogen and oxygen atoms in total. The second-order valence-electron chi connectivity index (χ2n) is 6.32. The molecule has 4 heteroatoms. The Morgan fingerprint density at radius 2 is 1.19 bits per heavy atom. The van der Waals surface area contributed by atoms with E-state index in [1.807, 2.05) is 42.5 Å². The van der Waals surface area contributed by atoms with Gasteiger partial charge in [-0.2, -0.15) is 0 Å². The van der Waals surface area contributed by atoms with Crippen LogP contribution in [0.15, 0.2) is 89.9 Å². The lowest BCUT2D eigenvalue weighted by Crippen LogP contribution is -2.25. The first kappa shape index (κ1) is 16.3. The summed E-state index contributed by atoms with van der Waals surface area (Å²) >= 11 is 0. The molecule has 1 fully saturated rings. The molecule has 0 aromatic heterocycles. The van der Waals surface area contributed by atoms with Gasteiger partial charge in [-0.05, 0) is 17.2 Å². The Hall–Kier alpha value is -3.14. The topological polar surface area (TPSA) is 36.4 Å². The van der Waals surface area contributed by atoms with E-state index in [1.165, 1.54) is 17.2 Å². The van der Waals surface area contributed by atoms with Crippen LogP contribution >= 0.6 is 0 Å². The number of nitrogens with zero attached hydrogens (tertiary/aromatic N) is 1. The molecule has 1 saturated heterocycles. The van der Waals surface area contributed by atoms with Crippen molar-refractivity contribution in [1.82, 2.24) is 10.6 Å². The molecule has 2 atom stereocenters. The Bertz CT molecular complexity index is 844. The largest absolute Gasteiger partial charge is 0.347 e. The van der Waals surface area contributed by atoms with Crippen LogP contribution in [0.4, 0.5) is 4.39 Å². The summed E-state index contributed by atoms with van der Waals surface area (Å²) in [4.78, 5) is 4.56. The van der Waals surface area contributed by atoms with Gasteiger partial charge in [-0.25, -0.2) is 9.38 Å². The van der Waals surface area contributed by atoms with Crippen LogP contribution in [0, 0.1) is 5.82 Å². The Kier molecular flexibility index (Phi) is 4.65. The number of halogens is 1. The number of nitrogens with one attached hydrogen (secondary N) is 2. The van der Waals surface area contributed by atoms with Crippen molar-refractivity contribution in [2.24, 2.45) is 4.99 Å².